The Balaban J connectivity index is 1.50. The second-order valence-electron chi connectivity index (χ2n) is 11.0. The van der Waals surface area contributed by atoms with Gasteiger partial charge in [0.25, 0.3) is 23.6 Å². The van der Waals surface area contributed by atoms with E-state index in [1.807, 2.05) is 0 Å². The highest BCUT2D eigenvalue weighted by atomic mass is 35.5. The molecule has 4 amide bonds. The van der Waals surface area contributed by atoms with Gasteiger partial charge in [-0.1, -0.05) is 42.0 Å². The number of carbonyl (C=O) groups is 4. The maximum absolute atomic E-state index is 14.4. The molecule has 1 saturated carbocycles. The number of nitrogens with zero attached hydrogens (tertiary/aromatic N) is 2. The first-order valence-electron chi connectivity index (χ1n) is 13.0. The molecule has 41 heavy (non-hydrogen) atoms. The lowest BCUT2D eigenvalue weighted by Gasteiger charge is -2.51. The van der Waals surface area contributed by atoms with Crippen molar-refractivity contribution in [1.29, 1.82) is 0 Å². The normalized spacial score (nSPS) is 32.7. The molecule has 0 bridgehead atoms. The maximum Gasteiger partial charge on any atom is 0.258 e. The predicted molar refractivity (Wildman–Crippen MR) is 146 cm³/mol. The number of benzene rings is 3. The summed E-state index contributed by atoms with van der Waals surface area (Å²) in [7, 11) is 0. The van der Waals surface area contributed by atoms with Crippen molar-refractivity contribution >= 4 is 63.3 Å². The van der Waals surface area contributed by atoms with Gasteiger partial charge in [0, 0.05) is 11.3 Å². The monoisotopic (exact) mass is 594 g/mol. The molecular weight excluding hydrogens is 574 g/mol. The number of imide groups is 2. The molecule has 2 N–H and O–H groups in total. The molecule has 2 aliphatic carbocycles. The number of anilines is 1. The molecule has 7 rings (SSSR count). The average Bonchev–Trinajstić information content (AvgIpc) is 3.27. The van der Waals surface area contributed by atoms with Crippen LogP contribution in [0, 0.1) is 23.6 Å². The number of rotatable bonds is 2. The van der Waals surface area contributed by atoms with Gasteiger partial charge >= 0.3 is 0 Å². The lowest BCUT2D eigenvalue weighted by Crippen LogP contribution is -2.60. The first-order valence-corrected chi connectivity index (χ1v) is 13.8. The third kappa shape index (κ3) is 3.19. The predicted octanol–water partition coefficient (Wildman–Crippen LogP) is 4.64. The zero-order chi connectivity index (χ0) is 29.0. The smallest absolute Gasteiger partial charge is 0.258 e. The van der Waals surface area contributed by atoms with Gasteiger partial charge in [0.15, 0.2) is 9.75 Å². The molecule has 4 aliphatic rings. The van der Waals surface area contributed by atoms with E-state index in [9.17, 15) is 33.9 Å². The molecule has 208 valence electrons. The second kappa shape index (κ2) is 8.61. The van der Waals surface area contributed by atoms with E-state index in [0.29, 0.717) is 21.9 Å². The third-order valence-electron chi connectivity index (χ3n) is 9.12. The van der Waals surface area contributed by atoms with Gasteiger partial charge in [-0.25, -0.2) is 9.29 Å². The van der Waals surface area contributed by atoms with Crippen molar-refractivity contribution in [2.45, 2.75) is 28.5 Å². The van der Waals surface area contributed by atoms with Crippen molar-refractivity contribution in [3.05, 3.63) is 83.7 Å². The number of amides is 4. The van der Waals surface area contributed by atoms with Gasteiger partial charge < -0.3 is 5.11 Å². The number of hydrogen-bond donors (Lipinski definition) is 2. The molecule has 0 aromatic heterocycles. The van der Waals surface area contributed by atoms with Crippen LogP contribution in [0.2, 0.25) is 0 Å². The van der Waals surface area contributed by atoms with Crippen LogP contribution in [0.15, 0.2) is 72.3 Å². The van der Waals surface area contributed by atoms with Gasteiger partial charge in [0.1, 0.15) is 11.6 Å². The first-order chi connectivity index (χ1) is 19.5. The van der Waals surface area contributed by atoms with Crippen LogP contribution in [-0.4, -0.2) is 48.8 Å². The lowest BCUT2D eigenvalue weighted by atomic mass is 9.56. The van der Waals surface area contributed by atoms with Crippen LogP contribution < -0.4 is 4.90 Å². The number of hydrogen-bond acceptors (Lipinski definition) is 6. The molecule has 8 nitrogen and oxygen atoms in total. The Morgan fingerprint density at radius 2 is 1.54 bits per heavy atom. The Kier molecular flexibility index (Phi) is 5.49. The number of aromatic hydroxyl groups is 1. The van der Waals surface area contributed by atoms with E-state index in [1.54, 1.807) is 36.4 Å². The lowest BCUT2D eigenvalue weighted by molar-refractivity contribution is -0.173. The fraction of sp³-hybridized carbons (Fsp3) is 0.267. The Hall–Kier alpha value is -3.79. The molecule has 0 radical (unpaired) electrons. The first kappa shape index (κ1) is 26.1. The van der Waals surface area contributed by atoms with Gasteiger partial charge in [-0.2, -0.15) is 5.06 Å². The number of alkyl halides is 2. The summed E-state index contributed by atoms with van der Waals surface area (Å²) in [4.78, 5) is 51.1. The van der Waals surface area contributed by atoms with Gasteiger partial charge in [0.2, 0.25) is 0 Å². The Labute approximate surface area is 242 Å². The Morgan fingerprint density at radius 3 is 2.24 bits per heavy atom. The molecule has 6 unspecified atom stereocenters. The minimum absolute atomic E-state index is 0.00981. The van der Waals surface area contributed by atoms with Gasteiger partial charge in [-0.05, 0) is 60.0 Å². The van der Waals surface area contributed by atoms with Gasteiger partial charge in [-0.3, -0.25) is 24.4 Å². The molecule has 3 aromatic rings. The number of allylic oxidation sites excluding steroid dienone is 2. The van der Waals surface area contributed by atoms with Crippen LogP contribution >= 0.6 is 23.2 Å². The topological polar surface area (TPSA) is 115 Å². The van der Waals surface area contributed by atoms with Crippen LogP contribution in [0.5, 0.6) is 5.75 Å². The van der Waals surface area contributed by atoms with Crippen LogP contribution in [0.1, 0.15) is 24.3 Å². The van der Waals surface area contributed by atoms with E-state index in [0.717, 1.165) is 17.0 Å². The quantitative estimate of drug-likeness (QED) is 0.193. The summed E-state index contributed by atoms with van der Waals surface area (Å²) in [5.74, 6) is -7.53. The fourth-order valence-corrected chi connectivity index (χ4v) is 8.21. The van der Waals surface area contributed by atoms with Gasteiger partial charge in [0.05, 0.1) is 17.5 Å². The minimum atomic E-state index is -2.10. The van der Waals surface area contributed by atoms with E-state index in [2.05, 4.69) is 0 Å². The number of hydroxylamine groups is 2. The molecule has 0 spiro atoms. The molecule has 11 heteroatoms. The van der Waals surface area contributed by atoms with Crippen molar-refractivity contribution in [3.63, 3.8) is 0 Å². The maximum atomic E-state index is 14.4. The second-order valence-corrected chi connectivity index (χ2v) is 12.2. The van der Waals surface area contributed by atoms with Gasteiger partial charge in [-0.15, -0.1) is 23.2 Å². The number of halogens is 3. The molecule has 2 aliphatic heterocycles. The number of phenols is 1. The Morgan fingerprint density at radius 1 is 0.854 bits per heavy atom. The minimum Gasteiger partial charge on any atom is -0.507 e. The van der Waals surface area contributed by atoms with Crippen molar-refractivity contribution in [3.8, 4) is 5.75 Å². The molecule has 6 atom stereocenters. The standard InChI is InChI=1S/C30H21Cl2FN2O6/c31-29-13-21-19(9-10-20-23(21)26(38)35(41)25(20)37)24(18-11-12-22(36)17-4-2-1-3-16(17)18)30(29,32)28(40)34(27(29)39)15-7-5-14(33)6-8-15/h1-9,11-12,20-21,23-24,36,41H,10,13H2. The third-order valence-corrected chi connectivity index (χ3v) is 10.5. The van der Waals surface area contributed by atoms with Crippen molar-refractivity contribution in [2.24, 2.45) is 17.8 Å². The summed E-state index contributed by atoms with van der Waals surface area (Å²) in [6.07, 6.45) is 1.60. The summed E-state index contributed by atoms with van der Waals surface area (Å²) >= 11 is 14.6. The molecular formula is C30H21Cl2FN2O6. The fourth-order valence-electron chi connectivity index (χ4n) is 7.29. The van der Waals surface area contributed by atoms with E-state index in [-0.39, 0.29) is 29.3 Å². The van der Waals surface area contributed by atoms with Crippen molar-refractivity contribution in [2.75, 3.05) is 4.90 Å². The zero-order valence-corrected chi connectivity index (χ0v) is 22.6. The van der Waals surface area contributed by atoms with E-state index >= 15 is 0 Å². The summed E-state index contributed by atoms with van der Waals surface area (Å²) in [5, 5.41) is 22.0. The molecule has 3 aromatic carbocycles. The van der Waals surface area contributed by atoms with Crippen LogP contribution in [-0.2, 0) is 19.2 Å². The summed E-state index contributed by atoms with van der Waals surface area (Å²) in [6, 6.07) is 14.8. The Bertz CT molecular complexity index is 1740. The molecule has 2 heterocycles. The largest absolute Gasteiger partial charge is 0.507 e. The molecule has 3 fully saturated rings. The van der Waals surface area contributed by atoms with E-state index in [1.165, 1.54) is 18.2 Å². The van der Waals surface area contributed by atoms with Crippen LogP contribution in [0.4, 0.5) is 10.1 Å². The summed E-state index contributed by atoms with van der Waals surface area (Å²) in [5.41, 5.74) is 1.12. The SMILES string of the molecule is O=C1C2CC=C3C(CC4(Cl)C(=O)N(c5ccc(F)cc5)C(=O)C4(Cl)C3c3ccc(O)c4ccccc34)C2C(=O)N1O. The van der Waals surface area contributed by atoms with E-state index < -0.39 is 62.9 Å². The highest BCUT2D eigenvalue weighted by Gasteiger charge is 2.76. The van der Waals surface area contributed by atoms with Crippen LogP contribution in [0.25, 0.3) is 10.8 Å². The summed E-state index contributed by atoms with van der Waals surface area (Å²) in [6.45, 7) is 0. The highest BCUT2D eigenvalue weighted by Crippen LogP contribution is 2.66. The molecule has 2 saturated heterocycles. The number of fused-ring (bicyclic) bond motifs is 5. The number of carbonyl (C=O) groups excluding carboxylic acids is 4. The van der Waals surface area contributed by atoms with Crippen molar-refractivity contribution < 1.29 is 33.9 Å². The summed E-state index contributed by atoms with van der Waals surface area (Å²) < 4.78 is 13.8. The van der Waals surface area contributed by atoms with Crippen molar-refractivity contribution in [1.82, 2.24) is 5.06 Å². The zero-order valence-electron chi connectivity index (χ0n) is 21.1. The highest BCUT2D eigenvalue weighted by molar-refractivity contribution is 6.58. The van der Waals surface area contributed by atoms with Crippen LogP contribution in [0.3, 0.4) is 0 Å². The average molecular weight is 595 g/mol. The number of phenolic OH excluding ortho intramolecular Hbond substituents is 1. The van der Waals surface area contributed by atoms with E-state index in [4.69, 9.17) is 23.2 Å².